The Kier molecular flexibility index (Phi) is 4.09. The van der Waals surface area contributed by atoms with Crippen LogP contribution in [0.15, 0.2) is 0 Å². The molecule has 1 atom stereocenters. The number of hydrogen-bond acceptors (Lipinski definition) is 1. The highest BCUT2D eigenvalue weighted by Crippen LogP contribution is 2.51. The first-order valence-corrected chi connectivity index (χ1v) is 8.38. The second-order valence-corrected chi connectivity index (χ2v) is 9.32. The van der Waals surface area contributed by atoms with Gasteiger partial charge in [0, 0.05) is 5.54 Å². The van der Waals surface area contributed by atoms with Crippen molar-refractivity contribution >= 4 is 0 Å². The number of likely N-dealkylation sites (tertiary alicyclic amines) is 1. The molecular formula is C18H35N. The molecule has 1 heterocycles. The van der Waals surface area contributed by atoms with Gasteiger partial charge in [0.2, 0.25) is 0 Å². The van der Waals surface area contributed by atoms with E-state index in [4.69, 9.17) is 0 Å². The van der Waals surface area contributed by atoms with E-state index in [-0.39, 0.29) is 0 Å². The maximum absolute atomic E-state index is 2.69. The zero-order chi connectivity index (χ0) is 14.3. The molecule has 0 N–H and O–H groups in total. The minimum atomic E-state index is 0.361. The summed E-state index contributed by atoms with van der Waals surface area (Å²) in [7, 11) is 0. The Morgan fingerprint density at radius 1 is 0.895 bits per heavy atom. The molecule has 1 saturated carbocycles. The third-order valence-corrected chi connectivity index (χ3v) is 5.94. The SMILES string of the molecule is CC(C)(C)C1CCCC2(CCN(C(C)(C)C)CC2)C1. The van der Waals surface area contributed by atoms with Gasteiger partial charge in [-0.2, -0.15) is 0 Å². The molecule has 2 fully saturated rings. The normalized spacial score (nSPS) is 29.7. The zero-order valence-corrected chi connectivity index (χ0v) is 14.2. The first-order valence-electron chi connectivity index (χ1n) is 8.38. The minimum absolute atomic E-state index is 0.361. The highest BCUT2D eigenvalue weighted by Gasteiger charge is 2.43. The summed E-state index contributed by atoms with van der Waals surface area (Å²) in [5, 5.41) is 0. The number of hydrogen-bond donors (Lipinski definition) is 0. The van der Waals surface area contributed by atoms with E-state index in [1.165, 1.54) is 51.6 Å². The summed E-state index contributed by atoms with van der Waals surface area (Å²) in [4.78, 5) is 2.69. The van der Waals surface area contributed by atoms with E-state index in [0.29, 0.717) is 16.4 Å². The van der Waals surface area contributed by atoms with Crippen LogP contribution in [-0.2, 0) is 0 Å². The van der Waals surface area contributed by atoms with Crippen molar-refractivity contribution in [1.29, 1.82) is 0 Å². The number of nitrogens with zero attached hydrogens (tertiary/aromatic N) is 1. The molecule has 0 radical (unpaired) electrons. The van der Waals surface area contributed by atoms with Crippen LogP contribution in [0.5, 0.6) is 0 Å². The van der Waals surface area contributed by atoms with Crippen LogP contribution in [-0.4, -0.2) is 23.5 Å². The second kappa shape index (κ2) is 5.06. The molecule has 1 aliphatic carbocycles. The van der Waals surface area contributed by atoms with Crippen LogP contribution in [0, 0.1) is 16.7 Å². The fraction of sp³-hybridized carbons (Fsp3) is 1.00. The lowest BCUT2D eigenvalue weighted by atomic mass is 9.59. The van der Waals surface area contributed by atoms with Crippen molar-refractivity contribution in [3.05, 3.63) is 0 Å². The van der Waals surface area contributed by atoms with Crippen LogP contribution in [0.4, 0.5) is 0 Å². The van der Waals surface area contributed by atoms with Crippen molar-refractivity contribution in [2.24, 2.45) is 16.7 Å². The van der Waals surface area contributed by atoms with E-state index in [2.05, 4.69) is 46.4 Å². The van der Waals surface area contributed by atoms with Crippen LogP contribution in [0.2, 0.25) is 0 Å². The van der Waals surface area contributed by atoms with Crippen LogP contribution in [0.1, 0.15) is 80.1 Å². The van der Waals surface area contributed by atoms with Crippen LogP contribution in [0.3, 0.4) is 0 Å². The summed E-state index contributed by atoms with van der Waals surface area (Å²) in [6.07, 6.45) is 8.81. The average molecular weight is 265 g/mol. The highest BCUT2D eigenvalue weighted by molar-refractivity contribution is 4.95. The molecule has 1 spiro atoms. The van der Waals surface area contributed by atoms with E-state index < -0.39 is 0 Å². The molecule has 0 aromatic heterocycles. The zero-order valence-electron chi connectivity index (χ0n) is 14.2. The summed E-state index contributed by atoms with van der Waals surface area (Å²) in [6, 6.07) is 0. The van der Waals surface area contributed by atoms with Gasteiger partial charge >= 0.3 is 0 Å². The molecule has 2 aliphatic rings. The molecule has 0 aromatic rings. The Morgan fingerprint density at radius 2 is 1.47 bits per heavy atom. The van der Waals surface area contributed by atoms with Crippen LogP contribution < -0.4 is 0 Å². The molecule has 112 valence electrons. The van der Waals surface area contributed by atoms with Crippen LogP contribution in [0.25, 0.3) is 0 Å². The molecule has 19 heavy (non-hydrogen) atoms. The molecular weight excluding hydrogens is 230 g/mol. The predicted molar refractivity (Wildman–Crippen MR) is 84.4 cm³/mol. The first kappa shape index (κ1) is 15.4. The van der Waals surface area contributed by atoms with Crippen molar-refractivity contribution in [3.63, 3.8) is 0 Å². The fourth-order valence-electron chi connectivity index (χ4n) is 4.30. The monoisotopic (exact) mass is 265 g/mol. The summed E-state index contributed by atoms with van der Waals surface area (Å²) in [5.74, 6) is 0.947. The van der Waals surface area contributed by atoms with Crippen LogP contribution >= 0.6 is 0 Å². The van der Waals surface area contributed by atoms with Gasteiger partial charge in [-0.25, -0.2) is 0 Å². The van der Waals surface area contributed by atoms with Crippen molar-refractivity contribution < 1.29 is 0 Å². The van der Waals surface area contributed by atoms with E-state index in [9.17, 15) is 0 Å². The Morgan fingerprint density at radius 3 is 1.95 bits per heavy atom. The van der Waals surface area contributed by atoms with Gasteiger partial charge in [-0.15, -0.1) is 0 Å². The van der Waals surface area contributed by atoms with Gasteiger partial charge in [-0.3, -0.25) is 4.90 Å². The molecule has 0 amide bonds. The van der Waals surface area contributed by atoms with Gasteiger partial charge in [0.1, 0.15) is 0 Å². The average Bonchev–Trinajstić information content (AvgIpc) is 2.27. The molecule has 1 saturated heterocycles. The predicted octanol–water partition coefficient (Wildman–Crippen LogP) is 5.10. The Hall–Kier alpha value is -0.0400. The lowest BCUT2D eigenvalue weighted by Gasteiger charge is -2.51. The van der Waals surface area contributed by atoms with Gasteiger partial charge in [-0.1, -0.05) is 27.2 Å². The minimum Gasteiger partial charge on any atom is -0.298 e. The van der Waals surface area contributed by atoms with Crippen molar-refractivity contribution in [3.8, 4) is 0 Å². The molecule has 2 rings (SSSR count). The molecule has 1 nitrogen and oxygen atoms in total. The summed E-state index contributed by atoms with van der Waals surface area (Å²) < 4.78 is 0. The Balaban J connectivity index is 1.98. The van der Waals surface area contributed by atoms with Gasteiger partial charge in [-0.05, 0) is 82.7 Å². The lowest BCUT2D eigenvalue weighted by Crippen LogP contribution is -2.50. The molecule has 0 bridgehead atoms. The summed E-state index contributed by atoms with van der Waals surface area (Å²) in [5.41, 5.74) is 1.56. The summed E-state index contributed by atoms with van der Waals surface area (Å²) in [6.45, 7) is 17.1. The third kappa shape index (κ3) is 3.54. The van der Waals surface area contributed by atoms with Gasteiger partial charge in [0.05, 0.1) is 0 Å². The number of piperidine rings is 1. The first-order chi connectivity index (χ1) is 8.62. The van der Waals surface area contributed by atoms with E-state index in [1.807, 2.05) is 0 Å². The third-order valence-electron chi connectivity index (χ3n) is 5.94. The maximum Gasteiger partial charge on any atom is 0.0125 e. The second-order valence-electron chi connectivity index (χ2n) is 9.32. The van der Waals surface area contributed by atoms with E-state index >= 15 is 0 Å². The molecule has 1 aliphatic heterocycles. The standard InChI is InChI=1S/C18H35N/c1-16(2,3)15-8-7-9-18(14-15)10-12-19(13-11-18)17(4,5)6/h15H,7-14H2,1-6H3. The van der Waals surface area contributed by atoms with E-state index in [0.717, 1.165) is 5.92 Å². The molecule has 1 heteroatoms. The fourth-order valence-corrected chi connectivity index (χ4v) is 4.30. The van der Waals surface area contributed by atoms with Gasteiger partial charge in [0.15, 0.2) is 0 Å². The smallest absolute Gasteiger partial charge is 0.0125 e. The maximum atomic E-state index is 2.69. The Labute approximate surface area is 121 Å². The van der Waals surface area contributed by atoms with E-state index in [1.54, 1.807) is 0 Å². The topological polar surface area (TPSA) is 3.24 Å². The Bertz CT molecular complexity index is 297. The van der Waals surface area contributed by atoms with Gasteiger partial charge < -0.3 is 0 Å². The quantitative estimate of drug-likeness (QED) is 0.589. The van der Waals surface area contributed by atoms with Crippen molar-refractivity contribution in [1.82, 2.24) is 4.90 Å². The molecule has 1 unspecified atom stereocenters. The lowest BCUT2D eigenvalue weighted by molar-refractivity contribution is -0.0103. The van der Waals surface area contributed by atoms with Crippen molar-refractivity contribution in [2.45, 2.75) is 85.6 Å². The largest absolute Gasteiger partial charge is 0.298 e. The number of rotatable bonds is 0. The summed E-state index contributed by atoms with van der Waals surface area (Å²) >= 11 is 0. The van der Waals surface area contributed by atoms with Gasteiger partial charge in [0.25, 0.3) is 0 Å². The van der Waals surface area contributed by atoms with Crippen molar-refractivity contribution in [2.75, 3.05) is 13.1 Å². The highest BCUT2D eigenvalue weighted by atomic mass is 15.2. The molecule has 0 aromatic carbocycles.